The van der Waals surface area contributed by atoms with E-state index in [1.807, 2.05) is 18.2 Å². The average Bonchev–Trinajstić information content (AvgIpc) is 2.92. The highest BCUT2D eigenvalue weighted by molar-refractivity contribution is 9.10. The van der Waals surface area contributed by atoms with Gasteiger partial charge in [0.05, 0.1) is 11.3 Å². The molecule has 0 aromatic heterocycles. The third kappa shape index (κ3) is 3.69. The summed E-state index contributed by atoms with van der Waals surface area (Å²) < 4.78 is 13.9. The van der Waals surface area contributed by atoms with E-state index in [2.05, 4.69) is 20.8 Å². The molecule has 0 aliphatic carbocycles. The van der Waals surface area contributed by atoms with Crippen LogP contribution in [0, 0.1) is 5.82 Å². The molecule has 140 valence electrons. The molecule has 0 bridgehead atoms. The molecule has 4 nitrogen and oxygen atoms in total. The van der Waals surface area contributed by atoms with Crippen LogP contribution >= 0.6 is 15.9 Å². The number of benzene rings is 2. The maximum absolute atomic E-state index is 13.0. The lowest BCUT2D eigenvalue weighted by molar-refractivity contribution is -0.114. The van der Waals surface area contributed by atoms with Crippen LogP contribution < -0.4 is 4.90 Å². The van der Waals surface area contributed by atoms with Gasteiger partial charge in [0.25, 0.3) is 11.7 Å². The van der Waals surface area contributed by atoms with E-state index in [0.717, 1.165) is 54.6 Å². The van der Waals surface area contributed by atoms with Crippen LogP contribution in [0.2, 0.25) is 0 Å². The quantitative estimate of drug-likeness (QED) is 0.692. The maximum Gasteiger partial charge on any atom is 0.299 e. The number of carbonyl (C=O) groups is 2. The number of fused-ring (bicyclic) bond motifs is 1. The minimum atomic E-state index is -0.409. The number of Topliss-reactive ketones (excluding diaryl/α,β-unsaturated/α-hetero) is 1. The molecular weight excluding hydrogens is 411 g/mol. The number of carbonyl (C=O) groups excluding carboxylic acids is 2. The zero-order valence-corrected chi connectivity index (χ0v) is 16.4. The lowest BCUT2D eigenvalue weighted by Crippen LogP contribution is -2.47. The zero-order valence-electron chi connectivity index (χ0n) is 14.8. The number of halogens is 2. The van der Waals surface area contributed by atoms with E-state index in [1.165, 1.54) is 12.1 Å². The van der Waals surface area contributed by atoms with Gasteiger partial charge in [-0.25, -0.2) is 4.39 Å². The van der Waals surface area contributed by atoms with Crippen LogP contribution in [0.5, 0.6) is 0 Å². The first-order valence-electron chi connectivity index (χ1n) is 9.17. The predicted molar refractivity (Wildman–Crippen MR) is 106 cm³/mol. The molecule has 0 radical (unpaired) electrons. The van der Waals surface area contributed by atoms with E-state index in [9.17, 15) is 14.0 Å². The van der Waals surface area contributed by atoms with Crippen molar-refractivity contribution >= 4 is 33.3 Å². The van der Waals surface area contributed by atoms with E-state index < -0.39 is 11.7 Å². The fourth-order valence-corrected chi connectivity index (χ4v) is 4.28. The van der Waals surface area contributed by atoms with Gasteiger partial charge in [-0.15, -0.1) is 0 Å². The molecule has 1 fully saturated rings. The lowest BCUT2D eigenvalue weighted by Gasteiger charge is -2.36. The Morgan fingerprint density at radius 1 is 1.04 bits per heavy atom. The van der Waals surface area contributed by atoms with Gasteiger partial charge in [0.1, 0.15) is 5.82 Å². The van der Waals surface area contributed by atoms with Gasteiger partial charge in [0, 0.05) is 30.1 Å². The molecule has 0 atom stereocenters. The van der Waals surface area contributed by atoms with E-state index in [-0.39, 0.29) is 11.9 Å². The Kier molecular flexibility index (Phi) is 5.10. The summed E-state index contributed by atoms with van der Waals surface area (Å²) in [6.07, 6.45) is 2.56. The van der Waals surface area contributed by atoms with Crippen LogP contribution in [-0.2, 0) is 11.2 Å². The number of amides is 1. The van der Waals surface area contributed by atoms with Crippen molar-refractivity contribution in [3.05, 3.63) is 63.9 Å². The fourth-order valence-electron chi connectivity index (χ4n) is 3.93. The standard InChI is InChI=1S/C21H20BrFN2O2/c22-15-3-6-18-19(13-15)25(21(27)20(18)26)17-8-11-24(12-9-17)10-7-14-1-4-16(23)5-2-14/h1-6,13,17H,7-12H2. The SMILES string of the molecule is O=C1C(=O)N(C2CCN(CCc3ccc(F)cc3)CC2)c2cc(Br)ccc21. The Labute approximate surface area is 166 Å². The first-order valence-corrected chi connectivity index (χ1v) is 9.96. The molecule has 0 saturated carbocycles. The molecular formula is C21H20BrFN2O2. The Hall–Kier alpha value is -2.05. The van der Waals surface area contributed by atoms with Gasteiger partial charge < -0.3 is 9.80 Å². The number of ketones is 1. The summed E-state index contributed by atoms with van der Waals surface area (Å²) >= 11 is 3.43. The smallest absolute Gasteiger partial charge is 0.299 e. The van der Waals surface area contributed by atoms with E-state index in [0.29, 0.717) is 5.56 Å². The minimum absolute atomic E-state index is 0.0547. The topological polar surface area (TPSA) is 40.6 Å². The Morgan fingerprint density at radius 2 is 1.74 bits per heavy atom. The van der Waals surface area contributed by atoms with Crippen molar-refractivity contribution < 1.29 is 14.0 Å². The predicted octanol–water partition coefficient (Wildman–Crippen LogP) is 3.82. The van der Waals surface area contributed by atoms with Crippen molar-refractivity contribution in [3.8, 4) is 0 Å². The molecule has 2 aromatic rings. The van der Waals surface area contributed by atoms with Gasteiger partial charge in [-0.3, -0.25) is 9.59 Å². The van der Waals surface area contributed by atoms with Gasteiger partial charge >= 0.3 is 0 Å². The summed E-state index contributed by atoms with van der Waals surface area (Å²) in [5.74, 6) is -1.03. The number of rotatable bonds is 4. The molecule has 2 aliphatic heterocycles. The molecule has 1 saturated heterocycles. The highest BCUT2D eigenvalue weighted by Crippen LogP contribution is 2.35. The van der Waals surface area contributed by atoms with Crippen molar-refractivity contribution in [2.24, 2.45) is 0 Å². The van der Waals surface area contributed by atoms with E-state index in [1.54, 1.807) is 17.0 Å². The van der Waals surface area contributed by atoms with Crippen molar-refractivity contribution in [1.82, 2.24) is 4.90 Å². The second-order valence-electron chi connectivity index (χ2n) is 7.12. The molecule has 2 aliphatic rings. The molecule has 1 amide bonds. The van der Waals surface area contributed by atoms with Crippen LogP contribution in [0.15, 0.2) is 46.9 Å². The van der Waals surface area contributed by atoms with Crippen molar-refractivity contribution in [3.63, 3.8) is 0 Å². The van der Waals surface area contributed by atoms with Gasteiger partial charge in [-0.2, -0.15) is 0 Å². The largest absolute Gasteiger partial charge is 0.303 e. The second-order valence-corrected chi connectivity index (χ2v) is 8.03. The normalized spacial score (nSPS) is 18.2. The number of anilines is 1. The molecule has 2 heterocycles. The molecule has 0 unspecified atom stereocenters. The monoisotopic (exact) mass is 430 g/mol. The number of hydrogen-bond acceptors (Lipinski definition) is 3. The Balaban J connectivity index is 1.38. The van der Waals surface area contributed by atoms with Crippen LogP contribution in [0.1, 0.15) is 28.8 Å². The Bertz CT molecular complexity index is 876. The van der Waals surface area contributed by atoms with Crippen molar-refractivity contribution in [1.29, 1.82) is 0 Å². The summed E-state index contributed by atoms with van der Waals surface area (Å²) in [7, 11) is 0. The summed E-state index contributed by atoms with van der Waals surface area (Å²) in [5.41, 5.74) is 2.35. The summed E-state index contributed by atoms with van der Waals surface area (Å²) in [6, 6.07) is 12.1. The average molecular weight is 431 g/mol. The van der Waals surface area contributed by atoms with Gasteiger partial charge in [-0.05, 0) is 55.2 Å². The molecule has 6 heteroatoms. The van der Waals surface area contributed by atoms with Gasteiger partial charge in [0.15, 0.2) is 0 Å². The van der Waals surface area contributed by atoms with E-state index in [4.69, 9.17) is 0 Å². The molecule has 0 N–H and O–H groups in total. The molecule has 4 rings (SSSR count). The number of hydrogen-bond donors (Lipinski definition) is 0. The third-order valence-electron chi connectivity index (χ3n) is 5.43. The molecule has 2 aromatic carbocycles. The first-order chi connectivity index (χ1) is 13.0. The third-order valence-corrected chi connectivity index (χ3v) is 5.92. The summed E-state index contributed by atoms with van der Waals surface area (Å²) in [6.45, 7) is 2.67. The highest BCUT2D eigenvalue weighted by atomic mass is 79.9. The van der Waals surface area contributed by atoms with Crippen LogP contribution in [0.3, 0.4) is 0 Å². The van der Waals surface area contributed by atoms with Crippen LogP contribution in [0.25, 0.3) is 0 Å². The second kappa shape index (κ2) is 7.52. The van der Waals surface area contributed by atoms with E-state index >= 15 is 0 Å². The molecule has 0 spiro atoms. The first kappa shape index (κ1) is 18.3. The van der Waals surface area contributed by atoms with Crippen LogP contribution in [-0.4, -0.2) is 42.3 Å². The summed E-state index contributed by atoms with van der Waals surface area (Å²) in [4.78, 5) is 28.8. The zero-order chi connectivity index (χ0) is 19.0. The lowest BCUT2D eigenvalue weighted by atomic mass is 10.0. The van der Waals surface area contributed by atoms with Crippen molar-refractivity contribution in [2.75, 3.05) is 24.5 Å². The fraction of sp³-hybridized carbons (Fsp3) is 0.333. The highest BCUT2D eigenvalue weighted by Gasteiger charge is 2.40. The number of nitrogens with zero attached hydrogens (tertiary/aromatic N) is 2. The minimum Gasteiger partial charge on any atom is -0.303 e. The van der Waals surface area contributed by atoms with Crippen LogP contribution in [0.4, 0.5) is 10.1 Å². The number of piperidine rings is 1. The van der Waals surface area contributed by atoms with Crippen molar-refractivity contribution in [2.45, 2.75) is 25.3 Å². The Morgan fingerprint density at radius 3 is 2.44 bits per heavy atom. The maximum atomic E-state index is 13.0. The van der Waals surface area contributed by atoms with Gasteiger partial charge in [-0.1, -0.05) is 28.1 Å². The summed E-state index contributed by atoms with van der Waals surface area (Å²) in [5, 5.41) is 0. The van der Waals surface area contributed by atoms with Gasteiger partial charge in [0.2, 0.25) is 0 Å². The number of likely N-dealkylation sites (tertiary alicyclic amines) is 1. The molecule has 27 heavy (non-hydrogen) atoms.